The van der Waals surface area contributed by atoms with Crippen LogP contribution in [0.15, 0.2) is 41.0 Å². The number of nitro benzene ring substituents is 1. The van der Waals surface area contributed by atoms with Crippen LogP contribution >= 0.6 is 11.6 Å². The number of benzene rings is 2. The fourth-order valence-corrected chi connectivity index (χ4v) is 2.86. The summed E-state index contributed by atoms with van der Waals surface area (Å²) in [6, 6.07) is 7.05. The van der Waals surface area contributed by atoms with E-state index < -0.39 is 10.9 Å². The second-order valence-corrected chi connectivity index (χ2v) is 6.12. The van der Waals surface area contributed by atoms with Crippen molar-refractivity contribution < 1.29 is 28.7 Å². The number of rotatable bonds is 6. The molecule has 0 amide bonds. The van der Waals surface area contributed by atoms with Gasteiger partial charge in [0.05, 0.1) is 36.8 Å². The van der Waals surface area contributed by atoms with E-state index in [1.54, 1.807) is 12.1 Å². The van der Waals surface area contributed by atoms with E-state index >= 15 is 0 Å². The molecule has 0 radical (unpaired) electrons. The fraction of sp³-hybridized carbons (Fsp3) is 0.158. The largest absolute Gasteiger partial charge is 0.493 e. The van der Waals surface area contributed by atoms with Gasteiger partial charge < -0.3 is 18.9 Å². The third-order valence-electron chi connectivity index (χ3n) is 4.00. The second kappa shape index (κ2) is 8.19. The highest BCUT2D eigenvalue weighted by atomic mass is 35.5. The summed E-state index contributed by atoms with van der Waals surface area (Å²) in [6.45, 7) is 0. The Morgan fingerprint density at radius 1 is 1.10 bits per heavy atom. The van der Waals surface area contributed by atoms with E-state index in [0.29, 0.717) is 22.8 Å². The van der Waals surface area contributed by atoms with E-state index in [4.69, 9.17) is 30.5 Å². The van der Waals surface area contributed by atoms with Crippen molar-refractivity contribution in [1.82, 2.24) is 0 Å². The molecule has 0 saturated carbocycles. The molecule has 1 aliphatic rings. The molecule has 10 heteroatoms. The van der Waals surface area contributed by atoms with E-state index in [2.05, 4.69) is 4.99 Å². The molecule has 150 valence electrons. The molecular weight excluding hydrogens is 404 g/mol. The minimum Gasteiger partial charge on any atom is -0.493 e. The zero-order chi connectivity index (χ0) is 21.1. The highest BCUT2D eigenvalue weighted by Crippen LogP contribution is 2.39. The van der Waals surface area contributed by atoms with Crippen LogP contribution in [0.25, 0.3) is 6.08 Å². The number of carbonyl (C=O) groups excluding carboxylic acids is 1. The third-order valence-corrected chi connectivity index (χ3v) is 4.33. The van der Waals surface area contributed by atoms with Crippen LogP contribution in [0.5, 0.6) is 17.2 Å². The number of cyclic esters (lactones) is 1. The molecule has 29 heavy (non-hydrogen) atoms. The number of non-ortho nitro benzene ring substituents is 1. The first kappa shape index (κ1) is 20.2. The molecule has 2 aromatic carbocycles. The number of methoxy groups -OCH3 is 3. The van der Waals surface area contributed by atoms with Gasteiger partial charge in [0.1, 0.15) is 0 Å². The number of ether oxygens (including phenoxy) is 4. The van der Waals surface area contributed by atoms with Crippen molar-refractivity contribution in [2.24, 2.45) is 4.99 Å². The van der Waals surface area contributed by atoms with Crippen molar-refractivity contribution in [3.05, 3.63) is 62.3 Å². The lowest BCUT2D eigenvalue weighted by atomic mass is 10.1. The summed E-state index contributed by atoms with van der Waals surface area (Å²) in [5.41, 5.74) is 0.464. The van der Waals surface area contributed by atoms with Gasteiger partial charge in [0.2, 0.25) is 11.6 Å². The molecule has 1 aliphatic heterocycles. The van der Waals surface area contributed by atoms with E-state index in [9.17, 15) is 14.9 Å². The van der Waals surface area contributed by atoms with Gasteiger partial charge in [-0.2, -0.15) is 0 Å². The predicted octanol–water partition coefficient (Wildman–Crippen LogP) is 3.62. The van der Waals surface area contributed by atoms with Crippen LogP contribution in [0.4, 0.5) is 5.69 Å². The first-order chi connectivity index (χ1) is 13.9. The lowest BCUT2D eigenvalue weighted by Gasteiger charge is -2.12. The van der Waals surface area contributed by atoms with Crippen LogP contribution in [0, 0.1) is 10.1 Å². The Hall–Kier alpha value is -3.59. The van der Waals surface area contributed by atoms with Crippen LogP contribution in [0.2, 0.25) is 5.02 Å². The molecular formula is C19H15ClN2O7. The van der Waals surface area contributed by atoms with E-state index in [1.807, 2.05) is 0 Å². The standard InChI is InChI=1S/C19H15ClN2O7/c1-26-15-7-10(8-16(27-2)17(15)28-3)6-14-19(23)29-18(21-14)12-9-11(22(24)25)4-5-13(12)20/h4-9H,1-3H3. The first-order valence-corrected chi connectivity index (χ1v) is 8.52. The molecule has 0 aromatic heterocycles. The number of hydrogen-bond acceptors (Lipinski definition) is 8. The second-order valence-electron chi connectivity index (χ2n) is 5.72. The maximum Gasteiger partial charge on any atom is 0.363 e. The minimum atomic E-state index is -0.726. The highest BCUT2D eigenvalue weighted by Gasteiger charge is 2.27. The zero-order valence-corrected chi connectivity index (χ0v) is 16.4. The number of esters is 1. The van der Waals surface area contributed by atoms with Gasteiger partial charge in [-0.25, -0.2) is 9.79 Å². The van der Waals surface area contributed by atoms with Crippen LogP contribution in [0.3, 0.4) is 0 Å². The van der Waals surface area contributed by atoms with Gasteiger partial charge in [-0.3, -0.25) is 10.1 Å². The van der Waals surface area contributed by atoms with Crippen LogP contribution < -0.4 is 14.2 Å². The normalized spacial score (nSPS) is 14.4. The molecule has 1 heterocycles. The smallest absolute Gasteiger partial charge is 0.363 e. The van der Waals surface area contributed by atoms with Gasteiger partial charge in [0.15, 0.2) is 17.2 Å². The molecule has 0 N–H and O–H groups in total. The Kier molecular flexibility index (Phi) is 5.69. The average Bonchev–Trinajstić information content (AvgIpc) is 3.07. The predicted molar refractivity (Wildman–Crippen MR) is 105 cm³/mol. The average molecular weight is 419 g/mol. The molecule has 0 saturated heterocycles. The van der Waals surface area contributed by atoms with Crippen LogP contribution in [-0.2, 0) is 9.53 Å². The summed E-state index contributed by atoms with van der Waals surface area (Å²) >= 11 is 6.09. The maximum atomic E-state index is 12.3. The summed E-state index contributed by atoms with van der Waals surface area (Å²) in [4.78, 5) is 26.8. The summed E-state index contributed by atoms with van der Waals surface area (Å²) in [5.74, 6) is 0.351. The summed E-state index contributed by atoms with van der Waals surface area (Å²) in [7, 11) is 4.42. The lowest BCUT2D eigenvalue weighted by molar-refractivity contribution is -0.384. The molecule has 0 aliphatic carbocycles. The van der Waals surface area contributed by atoms with Gasteiger partial charge in [0, 0.05) is 12.1 Å². The molecule has 0 fully saturated rings. The summed E-state index contributed by atoms with van der Waals surface area (Å²) in [5, 5.41) is 11.2. The number of nitrogens with zero attached hydrogens (tertiary/aromatic N) is 2. The van der Waals surface area contributed by atoms with Crippen LogP contribution in [0.1, 0.15) is 11.1 Å². The topological polar surface area (TPSA) is 109 Å². The minimum absolute atomic E-state index is 0.0168. The molecule has 0 bridgehead atoms. The molecule has 0 atom stereocenters. The van der Waals surface area contributed by atoms with Gasteiger partial charge >= 0.3 is 5.97 Å². The zero-order valence-electron chi connectivity index (χ0n) is 15.6. The van der Waals surface area contributed by atoms with E-state index in [-0.39, 0.29) is 27.9 Å². The van der Waals surface area contributed by atoms with Crippen molar-refractivity contribution >= 4 is 35.2 Å². The Morgan fingerprint density at radius 2 is 1.76 bits per heavy atom. The van der Waals surface area contributed by atoms with Crippen molar-refractivity contribution in [2.45, 2.75) is 0 Å². The van der Waals surface area contributed by atoms with Crippen LogP contribution in [-0.4, -0.2) is 38.1 Å². The Bertz CT molecular complexity index is 1040. The Balaban J connectivity index is 2.04. The van der Waals surface area contributed by atoms with E-state index in [1.165, 1.54) is 45.6 Å². The SMILES string of the molecule is COc1cc(C=C2N=C(c3cc([N+](=O)[O-])ccc3Cl)OC2=O)cc(OC)c1OC. The summed E-state index contributed by atoms with van der Waals surface area (Å²) < 4.78 is 21.0. The van der Waals surface area contributed by atoms with Crippen molar-refractivity contribution in [2.75, 3.05) is 21.3 Å². The Morgan fingerprint density at radius 3 is 2.31 bits per heavy atom. The molecule has 0 spiro atoms. The number of carbonyl (C=O) groups is 1. The highest BCUT2D eigenvalue weighted by molar-refractivity contribution is 6.34. The van der Waals surface area contributed by atoms with Crippen molar-refractivity contribution in [1.29, 1.82) is 0 Å². The van der Waals surface area contributed by atoms with Crippen molar-refractivity contribution in [3.8, 4) is 17.2 Å². The fourth-order valence-electron chi connectivity index (χ4n) is 2.66. The van der Waals surface area contributed by atoms with Gasteiger partial charge in [-0.1, -0.05) is 11.6 Å². The molecule has 9 nitrogen and oxygen atoms in total. The van der Waals surface area contributed by atoms with Gasteiger partial charge in [-0.05, 0) is 29.8 Å². The van der Waals surface area contributed by atoms with Gasteiger partial charge in [0.25, 0.3) is 5.69 Å². The molecule has 0 unspecified atom stereocenters. The van der Waals surface area contributed by atoms with Crippen molar-refractivity contribution in [3.63, 3.8) is 0 Å². The van der Waals surface area contributed by atoms with Gasteiger partial charge in [-0.15, -0.1) is 0 Å². The van der Waals surface area contributed by atoms with E-state index in [0.717, 1.165) is 0 Å². The number of aliphatic imine (C=N–C) groups is 1. The molecule has 2 aromatic rings. The number of halogens is 1. The monoisotopic (exact) mass is 418 g/mol. The summed E-state index contributed by atoms with van der Waals surface area (Å²) in [6.07, 6.45) is 1.46. The lowest BCUT2D eigenvalue weighted by Crippen LogP contribution is -2.06. The number of nitro groups is 1. The quantitative estimate of drug-likeness (QED) is 0.305. The Labute approximate surface area is 170 Å². The third kappa shape index (κ3) is 3.99. The molecule has 3 rings (SSSR count). The number of hydrogen-bond donors (Lipinski definition) is 0. The first-order valence-electron chi connectivity index (χ1n) is 8.14. The maximum absolute atomic E-state index is 12.3.